The summed E-state index contributed by atoms with van der Waals surface area (Å²) in [6.07, 6.45) is 3.92. The summed E-state index contributed by atoms with van der Waals surface area (Å²) in [5.74, 6) is -1.22. The molecular weight excluding hydrogens is 328 g/mol. The number of benzene rings is 2. The van der Waals surface area contributed by atoms with E-state index in [4.69, 9.17) is 9.47 Å². The third kappa shape index (κ3) is 4.39. The Labute approximate surface area is 154 Å². The maximum atomic E-state index is 12.5. The molecule has 0 fully saturated rings. The van der Waals surface area contributed by atoms with Crippen LogP contribution in [0.5, 0.6) is 0 Å². The van der Waals surface area contributed by atoms with Gasteiger partial charge in [0.2, 0.25) is 0 Å². The van der Waals surface area contributed by atoms with E-state index in [0.29, 0.717) is 5.56 Å². The molecule has 2 aromatic rings. The van der Waals surface area contributed by atoms with Gasteiger partial charge in [0.1, 0.15) is 0 Å². The smallest absolute Gasteiger partial charge is 0.327 e. The van der Waals surface area contributed by atoms with Crippen LogP contribution in [0.25, 0.3) is 12.2 Å². The summed E-state index contributed by atoms with van der Waals surface area (Å²) in [6, 6.07) is 17.2. The van der Waals surface area contributed by atoms with Crippen LogP contribution in [0, 0.1) is 0 Å². The van der Waals surface area contributed by atoms with Gasteiger partial charge in [0, 0.05) is 0 Å². The molecule has 0 N–H and O–H groups in total. The fourth-order valence-electron chi connectivity index (χ4n) is 2.58. The van der Waals surface area contributed by atoms with Crippen LogP contribution < -0.4 is 0 Å². The van der Waals surface area contributed by atoms with Crippen LogP contribution in [0.15, 0.2) is 54.6 Å². The van der Waals surface area contributed by atoms with E-state index in [1.165, 1.54) is 0 Å². The highest BCUT2D eigenvalue weighted by atomic mass is 16.6. The van der Waals surface area contributed by atoms with Crippen LogP contribution in [0.1, 0.15) is 37.5 Å². The maximum absolute atomic E-state index is 12.5. The zero-order valence-electron chi connectivity index (χ0n) is 15.4. The molecule has 0 heterocycles. The Kier molecular flexibility index (Phi) is 6.73. The van der Waals surface area contributed by atoms with Crippen molar-refractivity contribution in [2.75, 3.05) is 13.2 Å². The van der Waals surface area contributed by atoms with E-state index in [1.54, 1.807) is 26.8 Å². The average molecular weight is 352 g/mol. The minimum Gasteiger partial charge on any atom is -0.465 e. The standard InChI is InChI=1S/C22H24O4/c1-4-25-20(23)22(3,21(24)26-5-2)19-13-9-12-18(16-19)15-14-17-10-7-6-8-11-17/h6-16H,4-5H2,1-3H3. The van der Waals surface area contributed by atoms with Crippen LogP contribution >= 0.6 is 0 Å². The molecule has 0 aliphatic carbocycles. The Morgan fingerprint density at radius 2 is 1.38 bits per heavy atom. The predicted octanol–water partition coefficient (Wildman–Crippen LogP) is 4.24. The summed E-state index contributed by atoms with van der Waals surface area (Å²) < 4.78 is 10.3. The molecular formula is C22H24O4. The first-order chi connectivity index (χ1) is 12.5. The van der Waals surface area contributed by atoms with Gasteiger partial charge in [-0.1, -0.05) is 66.7 Å². The van der Waals surface area contributed by atoms with E-state index >= 15 is 0 Å². The minimum atomic E-state index is -1.50. The Hall–Kier alpha value is -2.88. The van der Waals surface area contributed by atoms with Crippen molar-refractivity contribution in [1.29, 1.82) is 0 Å². The van der Waals surface area contributed by atoms with Gasteiger partial charge in [-0.15, -0.1) is 0 Å². The van der Waals surface area contributed by atoms with Gasteiger partial charge in [-0.3, -0.25) is 9.59 Å². The number of ether oxygens (including phenoxy) is 2. The largest absolute Gasteiger partial charge is 0.465 e. The zero-order valence-corrected chi connectivity index (χ0v) is 15.4. The van der Waals surface area contributed by atoms with Crippen molar-refractivity contribution in [3.63, 3.8) is 0 Å². The fraction of sp³-hybridized carbons (Fsp3) is 0.273. The molecule has 0 aliphatic rings. The number of esters is 2. The van der Waals surface area contributed by atoms with Gasteiger partial charge in [-0.25, -0.2) is 0 Å². The summed E-state index contributed by atoms with van der Waals surface area (Å²) in [5.41, 5.74) is 0.995. The summed E-state index contributed by atoms with van der Waals surface area (Å²) in [5, 5.41) is 0. The van der Waals surface area contributed by atoms with Crippen LogP contribution in [0.4, 0.5) is 0 Å². The zero-order chi connectivity index (χ0) is 19.0. The van der Waals surface area contributed by atoms with Crippen molar-refractivity contribution in [2.24, 2.45) is 0 Å². The van der Waals surface area contributed by atoms with E-state index in [0.717, 1.165) is 11.1 Å². The van der Waals surface area contributed by atoms with Crippen molar-refractivity contribution in [3.8, 4) is 0 Å². The molecule has 0 radical (unpaired) electrons. The number of rotatable bonds is 7. The lowest BCUT2D eigenvalue weighted by atomic mass is 9.81. The molecule has 0 atom stereocenters. The Bertz CT molecular complexity index is 760. The molecule has 2 aromatic carbocycles. The summed E-state index contributed by atoms with van der Waals surface area (Å²) in [6.45, 7) is 5.36. The summed E-state index contributed by atoms with van der Waals surface area (Å²) >= 11 is 0. The predicted molar refractivity (Wildman–Crippen MR) is 102 cm³/mol. The van der Waals surface area contributed by atoms with Crippen LogP contribution in [-0.2, 0) is 24.5 Å². The highest BCUT2D eigenvalue weighted by Gasteiger charge is 2.46. The molecule has 0 aromatic heterocycles. The molecule has 26 heavy (non-hydrogen) atoms. The summed E-state index contributed by atoms with van der Waals surface area (Å²) in [4.78, 5) is 25.1. The first kappa shape index (κ1) is 19.4. The van der Waals surface area contributed by atoms with Crippen LogP contribution in [0.3, 0.4) is 0 Å². The van der Waals surface area contributed by atoms with Gasteiger partial charge in [-0.2, -0.15) is 0 Å². The van der Waals surface area contributed by atoms with E-state index in [1.807, 2.05) is 60.7 Å². The number of carbonyl (C=O) groups excluding carboxylic acids is 2. The Morgan fingerprint density at radius 3 is 1.96 bits per heavy atom. The molecule has 2 rings (SSSR count). The van der Waals surface area contributed by atoms with Gasteiger partial charge >= 0.3 is 11.9 Å². The average Bonchev–Trinajstić information content (AvgIpc) is 2.67. The highest BCUT2D eigenvalue weighted by Crippen LogP contribution is 2.29. The molecule has 136 valence electrons. The van der Waals surface area contributed by atoms with Crippen LogP contribution in [-0.4, -0.2) is 25.2 Å². The van der Waals surface area contributed by atoms with E-state index in [9.17, 15) is 9.59 Å². The highest BCUT2D eigenvalue weighted by molar-refractivity contribution is 6.06. The van der Waals surface area contributed by atoms with E-state index in [2.05, 4.69) is 0 Å². The van der Waals surface area contributed by atoms with Gasteiger partial charge < -0.3 is 9.47 Å². The SMILES string of the molecule is CCOC(=O)C(C)(C(=O)OCC)c1cccc(C=Cc2ccccc2)c1. The van der Waals surface area contributed by atoms with Gasteiger partial charge in [-0.05, 0) is 37.5 Å². The molecule has 0 saturated heterocycles. The molecule has 0 spiro atoms. The molecule has 0 saturated carbocycles. The first-order valence-corrected chi connectivity index (χ1v) is 8.70. The summed E-state index contributed by atoms with van der Waals surface area (Å²) in [7, 11) is 0. The number of hydrogen-bond donors (Lipinski definition) is 0. The van der Waals surface area contributed by atoms with Crippen molar-refractivity contribution >= 4 is 24.1 Å². The lowest BCUT2D eigenvalue weighted by Gasteiger charge is -2.25. The molecule has 0 amide bonds. The lowest BCUT2D eigenvalue weighted by molar-refractivity contribution is -0.163. The third-order valence-corrected chi connectivity index (χ3v) is 4.10. The topological polar surface area (TPSA) is 52.6 Å². The van der Waals surface area contributed by atoms with Gasteiger partial charge in [0.05, 0.1) is 13.2 Å². The molecule has 4 nitrogen and oxygen atoms in total. The first-order valence-electron chi connectivity index (χ1n) is 8.70. The van der Waals surface area contributed by atoms with Crippen molar-refractivity contribution in [2.45, 2.75) is 26.2 Å². The van der Waals surface area contributed by atoms with Crippen molar-refractivity contribution < 1.29 is 19.1 Å². The quantitative estimate of drug-likeness (QED) is 0.425. The third-order valence-electron chi connectivity index (χ3n) is 4.10. The molecule has 4 heteroatoms. The Morgan fingerprint density at radius 1 is 0.846 bits per heavy atom. The van der Waals surface area contributed by atoms with Gasteiger partial charge in [0.15, 0.2) is 5.41 Å². The van der Waals surface area contributed by atoms with E-state index in [-0.39, 0.29) is 13.2 Å². The normalized spacial score (nSPS) is 11.3. The number of hydrogen-bond acceptors (Lipinski definition) is 4. The fourth-order valence-corrected chi connectivity index (χ4v) is 2.58. The van der Waals surface area contributed by atoms with E-state index < -0.39 is 17.4 Å². The monoisotopic (exact) mass is 352 g/mol. The van der Waals surface area contributed by atoms with Crippen LogP contribution in [0.2, 0.25) is 0 Å². The second-order valence-electron chi connectivity index (χ2n) is 5.94. The molecule has 0 aliphatic heterocycles. The van der Waals surface area contributed by atoms with Crippen molar-refractivity contribution in [3.05, 3.63) is 71.3 Å². The second kappa shape index (κ2) is 8.99. The lowest BCUT2D eigenvalue weighted by Crippen LogP contribution is -2.43. The maximum Gasteiger partial charge on any atom is 0.327 e. The van der Waals surface area contributed by atoms with Crippen molar-refractivity contribution in [1.82, 2.24) is 0 Å². The Balaban J connectivity index is 2.38. The van der Waals surface area contributed by atoms with Gasteiger partial charge in [0.25, 0.3) is 0 Å². The minimum absolute atomic E-state index is 0.196. The molecule has 0 bridgehead atoms. The molecule has 0 unspecified atom stereocenters. The second-order valence-corrected chi connectivity index (χ2v) is 5.94. The number of carbonyl (C=O) groups is 2.